The van der Waals surface area contributed by atoms with Crippen molar-refractivity contribution < 1.29 is 14.3 Å². The second kappa shape index (κ2) is 9.32. The van der Waals surface area contributed by atoms with Gasteiger partial charge in [0.05, 0.1) is 18.8 Å². The van der Waals surface area contributed by atoms with E-state index < -0.39 is 0 Å². The molecule has 2 amide bonds. The zero-order valence-electron chi connectivity index (χ0n) is 17.2. The van der Waals surface area contributed by atoms with Crippen molar-refractivity contribution in [3.05, 3.63) is 48.0 Å². The second-order valence-electron chi connectivity index (χ2n) is 7.67. The Balaban J connectivity index is 1.38. The molecule has 0 saturated carbocycles. The average Bonchev–Trinajstić information content (AvgIpc) is 3.34. The maximum atomic E-state index is 12.4. The Morgan fingerprint density at radius 2 is 1.80 bits per heavy atom. The molecule has 0 aromatic carbocycles. The minimum atomic E-state index is -0.211. The van der Waals surface area contributed by atoms with Gasteiger partial charge in [0.2, 0.25) is 5.91 Å². The van der Waals surface area contributed by atoms with E-state index in [0.717, 1.165) is 49.3 Å². The molecule has 2 saturated heterocycles. The number of morpholine rings is 1. The fraction of sp³-hybridized carbons (Fsp3) is 0.455. The van der Waals surface area contributed by atoms with Crippen LogP contribution in [0.1, 0.15) is 35.1 Å². The van der Waals surface area contributed by atoms with Gasteiger partial charge < -0.3 is 15.0 Å². The summed E-state index contributed by atoms with van der Waals surface area (Å²) in [5.74, 6) is 0.00129. The summed E-state index contributed by atoms with van der Waals surface area (Å²) < 4.78 is 5.92. The quantitative estimate of drug-likeness (QED) is 0.805. The summed E-state index contributed by atoms with van der Waals surface area (Å²) in [5.41, 5.74) is 3.05. The van der Waals surface area contributed by atoms with Gasteiger partial charge in [-0.25, -0.2) is 0 Å². The molecular formula is C22H27N5O3. The summed E-state index contributed by atoms with van der Waals surface area (Å²) in [6.45, 7) is 4.22. The highest BCUT2D eigenvalue weighted by molar-refractivity contribution is 5.92. The maximum Gasteiger partial charge on any atom is 0.269 e. The van der Waals surface area contributed by atoms with Gasteiger partial charge in [0.25, 0.3) is 5.91 Å². The van der Waals surface area contributed by atoms with Crippen molar-refractivity contribution in [2.45, 2.75) is 18.9 Å². The topological polar surface area (TPSA) is 87.7 Å². The molecule has 0 unspecified atom stereocenters. The highest BCUT2D eigenvalue weighted by Crippen LogP contribution is 2.24. The van der Waals surface area contributed by atoms with Crippen LogP contribution in [-0.4, -0.2) is 78.0 Å². The van der Waals surface area contributed by atoms with E-state index in [9.17, 15) is 9.59 Å². The number of aromatic nitrogens is 2. The van der Waals surface area contributed by atoms with E-state index in [4.69, 9.17) is 4.74 Å². The Labute approximate surface area is 176 Å². The van der Waals surface area contributed by atoms with E-state index in [1.165, 1.54) is 0 Å². The van der Waals surface area contributed by atoms with Gasteiger partial charge in [-0.3, -0.25) is 24.5 Å². The van der Waals surface area contributed by atoms with Crippen molar-refractivity contribution in [2.24, 2.45) is 0 Å². The number of amides is 2. The fourth-order valence-electron chi connectivity index (χ4n) is 3.88. The van der Waals surface area contributed by atoms with Crippen LogP contribution in [0.4, 0.5) is 0 Å². The van der Waals surface area contributed by atoms with Crippen LogP contribution in [0.15, 0.2) is 36.7 Å². The van der Waals surface area contributed by atoms with E-state index in [1.54, 1.807) is 25.5 Å². The van der Waals surface area contributed by atoms with Crippen molar-refractivity contribution in [1.29, 1.82) is 0 Å². The third-order valence-electron chi connectivity index (χ3n) is 5.64. The molecule has 0 bridgehead atoms. The van der Waals surface area contributed by atoms with Crippen LogP contribution in [0.25, 0.3) is 11.1 Å². The lowest BCUT2D eigenvalue weighted by molar-refractivity contribution is -0.133. The van der Waals surface area contributed by atoms with Crippen LogP contribution < -0.4 is 5.32 Å². The molecular weight excluding hydrogens is 382 g/mol. The van der Waals surface area contributed by atoms with Crippen LogP contribution in [0.2, 0.25) is 0 Å². The number of nitrogens with zero attached hydrogens (tertiary/aromatic N) is 4. The van der Waals surface area contributed by atoms with Crippen LogP contribution in [0, 0.1) is 0 Å². The third-order valence-corrected chi connectivity index (χ3v) is 5.64. The van der Waals surface area contributed by atoms with Crippen molar-refractivity contribution in [3.8, 4) is 11.1 Å². The van der Waals surface area contributed by atoms with Crippen molar-refractivity contribution in [2.75, 3.05) is 46.4 Å². The third kappa shape index (κ3) is 4.66. The van der Waals surface area contributed by atoms with Gasteiger partial charge in [-0.15, -0.1) is 0 Å². The first kappa shape index (κ1) is 20.4. The van der Waals surface area contributed by atoms with Crippen LogP contribution in [0.3, 0.4) is 0 Å². The number of nitrogens with one attached hydrogen (secondary N) is 1. The molecule has 1 N–H and O–H groups in total. The Morgan fingerprint density at radius 1 is 1.07 bits per heavy atom. The Morgan fingerprint density at radius 3 is 2.43 bits per heavy atom. The van der Waals surface area contributed by atoms with Gasteiger partial charge in [0.15, 0.2) is 0 Å². The Hall–Kier alpha value is -2.84. The predicted octanol–water partition coefficient (Wildman–Crippen LogP) is 1.50. The molecule has 1 atom stereocenters. The summed E-state index contributed by atoms with van der Waals surface area (Å²) in [6.07, 6.45) is 5.54. The van der Waals surface area contributed by atoms with E-state index in [0.29, 0.717) is 25.4 Å². The zero-order valence-corrected chi connectivity index (χ0v) is 17.2. The first-order valence-electron chi connectivity index (χ1n) is 10.4. The number of carbonyl (C=O) groups is 2. The maximum absolute atomic E-state index is 12.4. The lowest BCUT2D eigenvalue weighted by Crippen LogP contribution is -2.45. The monoisotopic (exact) mass is 409 g/mol. The first-order chi connectivity index (χ1) is 14.6. The molecule has 2 aromatic heterocycles. The number of carbonyl (C=O) groups excluding carboxylic acids is 2. The molecule has 30 heavy (non-hydrogen) atoms. The van der Waals surface area contributed by atoms with Gasteiger partial charge in [0.1, 0.15) is 11.8 Å². The molecule has 158 valence electrons. The number of hydrogen-bond acceptors (Lipinski definition) is 6. The van der Waals surface area contributed by atoms with Gasteiger partial charge in [-0.1, -0.05) is 12.1 Å². The highest BCUT2D eigenvalue weighted by Gasteiger charge is 2.26. The molecule has 4 rings (SSSR count). The number of ether oxygens (including phenoxy) is 1. The molecule has 0 aliphatic carbocycles. The summed E-state index contributed by atoms with van der Waals surface area (Å²) in [7, 11) is 1.58. The van der Waals surface area contributed by atoms with E-state index in [-0.39, 0.29) is 17.9 Å². The van der Waals surface area contributed by atoms with Gasteiger partial charge in [-0.05, 0) is 25.0 Å². The van der Waals surface area contributed by atoms with Gasteiger partial charge >= 0.3 is 0 Å². The first-order valence-corrected chi connectivity index (χ1v) is 10.4. The second-order valence-corrected chi connectivity index (χ2v) is 7.67. The molecule has 2 fully saturated rings. The summed E-state index contributed by atoms with van der Waals surface area (Å²) in [5, 5.41) is 2.56. The molecule has 8 heteroatoms. The number of likely N-dealkylation sites (tertiary alicyclic amines) is 1. The lowest BCUT2D eigenvalue weighted by Gasteiger charge is -2.33. The molecule has 2 aliphatic rings. The molecule has 8 nitrogen and oxygen atoms in total. The summed E-state index contributed by atoms with van der Waals surface area (Å²) in [6, 6.07) is 7.49. The zero-order chi connectivity index (χ0) is 20.9. The molecule has 0 spiro atoms. The van der Waals surface area contributed by atoms with Crippen LogP contribution >= 0.6 is 0 Å². The van der Waals surface area contributed by atoms with Crippen LogP contribution in [-0.2, 0) is 9.53 Å². The van der Waals surface area contributed by atoms with Crippen molar-refractivity contribution >= 4 is 11.8 Å². The van der Waals surface area contributed by atoms with Crippen LogP contribution in [0.5, 0.6) is 0 Å². The van der Waals surface area contributed by atoms with E-state index >= 15 is 0 Å². The SMILES string of the molecule is CNC(=O)c1ccc(-c2ccc([C@H]3CN(CC(=O)N4CCCC4)CCO3)nc2)cn1. The van der Waals surface area contributed by atoms with Crippen molar-refractivity contribution in [1.82, 2.24) is 25.1 Å². The Bertz CT molecular complexity index is 879. The van der Waals surface area contributed by atoms with Gasteiger partial charge in [0, 0.05) is 56.7 Å². The number of hydrogen-bond donors (Lipinski definition) is 1. The lowest BCUT2D eigenvalue weighted by atomic mass is 10.1. The van der Waals surface area contributed by atoms with E-state index in [2.05, 4.69) is 20.2 Å². The Kier molecular flexibility index (Phi) is 6.35. The largest absolute Gasteiger partial charge is 0.369 e. The highest BCUT2D eigenvalue weighted by atomic mass is 16.5. The standard InChI is InChI=1S/C22H27N5O3/c1-23-22(29)19-7-5-17(13-25-19)16-4-6-18(24-12-16)20-14-26(10-11-30-20)15-21(28)27-8-2-3-9-27/h4-7,12-13,20H,2-3,8-11,14-15H2,1H3,(H,23,29)/t20-/m1/s1. The number of rotatable bonds is 5. The summed E-state index contributed by atoms with van der Waals surface area (Å²) in [4.78, 5) is 37.0. The molecule has 2 aromatic rings. The minimum absolute atomic E-state index is 0.145. The predicted molar refractivity (Wildman–Crippen MR) is 112 cm³/mol. The van der Waals surface area contributed by atoms with E-state index in [1.807, 2.05) is 23.1 Å². The molecule has 4 heterocycles. The summed E-state index contributed by atoms with van der Waals surface area (Å²) >= 11 is 0. The molecule has 2 aliphatic heterocycles. The van der Waals surface area contributed by atoms with Crippen molar-refractivity contribution in [3.63, 3.8) is 0 Å². The fourth-order valence-corrected chi connectivity index (χ4v) is 3.88. The molecule has 0 radical (unpaired) electrons. The smallest absolute Gasteiger partial charge is 0.269 e. The average molecular weight is 409 g/mol. The minimum Gasteiger partial charge on any atom is -0.369 e. The number of pyridine rings is 2. The van der Waals surface area contributed by atoms with Gasteiger partial charge in [-0.2, -0.15) is 0 Å². The normalized spacial score (nSPS) is 19.6.